The minimum absolute atomic E-state index is 0.00572. The molecule has 0 radical (unpaired) electrons. The van der Waals surface area contributed by atoms with Gasteiger partial charge in [0.1, 0.15) is 12.6 Å². The smallest absolute Gasteiger partial charge is 0.407 e. The molecule has 0 aromatic heterocycles. The van der Waals surface area contributed by atoms with Crippen LogP contribution in [0, 0.1) is 23.7 Å². The summed E-state index contributed by atoms with van der Waals surface area (Å²) < 4.78 is 5.68. The average Bonchev–Trinajstić information content (AvgIpc) is 3.34. The Hall–Kier alpha value is -3.35. The molecule has 7 nitrogen and oxygen atoms in total. The van der Waals surface area contributed by atoms with Crippen molar-refractivity contribution >= 4 is 18.0 Å². The summed E-state index contributed by atoms with van der Waals surface area (Å²) in [6.07, 6.45) is 1.80. The molecule has 3 N–H and O–H groups in total. The molecule has 2 saturated carbocycles. The second kappa shape index (κ2) is 9.36. The molecule has 2 fully saturated rings. The Kier molecular flexibility index (Phi) is 6.26. The van der Waals surface area contributed by atoms with Gasteiger partial charge in [-0.05, 0) is 59.3 Å². The number of hydrogen-bond acceptors (Lipinski definition) is 4. The summed E-state index contributed by atoms with van der Waals surface area (Å²) in [5.74, 6) is -0.965. The lowest BCUT2D eigenvalue weighted by atomic mass is 9.71. The van der Waals surface area contributed by atoms with Crippen molar-refractivity contribution in [1.29, 1.82) is 0 Å². The topological polar surface area (TPSA) is 105 Å². The van der Waals surface area contributed by atoms with Crippen LogP contribution in [0.4, 0.5) is 4.79 Å². The van der Waals surface area contributed by atoms with E-state index in [2.05, 4.69) is 34.9 Å². The Morgan fingerprint density at radius 3 is 2.20 bits per heavy atom. The highest BCUT2D eigenvalue weighted by molar-refractivity contribution is 5.85. The number of benzene rings is 2. The van der Waals surface area contributed by atoms with E-state index in [0.29, 0.717) is 12.3 Å². The minimum atomic E-state index is -1.01. The first kappa shape index (κ1) is 23.4. The monoisotopic (exact) mass is 476 g/mol. The fraction of sp³-hybridized carbons (Fsp3) is 0.464. The van der Waals surface area contributed by atoms with Gasteiger partial charge in [-0.25, -0.2) is 9.59 Å². The molecule has 3 aliphatic rings. The number of carboxylic acid groups (broad SMARTS) is 1. The van der Waals surface area contributed by atoms with Crippen LogP contribution in [0.3, 0.4) is 0 Å². The van der Waals surface area contributed by atoms with Gasteiger partial charge in [-0.2, -0.15) is 0 Å². The highest BCUT2D eigenvalue weighted by Crippen LogP contribution is 2.50. The molecular formula is C28H32N2O5. The number of alkyl carbamates (subject to hydrolysis) is 1. The summed E-state index contributed by atoms with van der Waals surface area (Å²) in [5.41, 5.74) is 4.74. The van der Waals surface area contributed by atoms with Gasteiger partial charge in [-0.15, -0.1) is 0 Å². The predicted octanol–water partition coefficient (Wildman–Crippen LogP) is 4.17. The SMILES string of the molecule is CC(C)[C@@H](NC(=O)C1C[C@H]2C[C@@H](NC(=O)OCC3c4ccccc4-c4ccccc43)[C@H]2C1)C(=O)O. The van der Waals surface area contributed by atoms with E-state index in [-0.39, 0.29) is 42.2 Å². The van der Waals surface area contributed by atoms with Gasteiger partial charge in [0.05, 0.1) is 0 Å². The lowest BCUT2D eigenvalue weighted by Gasteiger charge is -2.40. The molecule has 5 rings (SSSR count). The molecule has 2 amide bonds. The first-order valence-corrected chi connectivity index (χ1v) is 12.5. The zero-order chi connectivity index (χ0) is 24.7. The van der Waals surface area contributed by atoms with Crippen LogP contribution in [-0.2, 0) is 14.3 Å². The van der Waals surface area contributed by atoms with Crippen molar-refractivity contribution in [2.75, 3.05) is 6.61 Å². The van der Waals surface area contributed by atoms with Crippen molar-refractivity contribution < 1.29 is 24.2 Å². The lowest BCUT2D eigenvalue weighted by Crippen LogP contribution is -2.50. The van der Waals surface area contributed by atoms with E-state index < -0.39 is 18.1 Å². The summed E-state index contributed by atoms with van der Waals surface area (Å²) in [6.45, 7) is 3.84. The highest BCUT2D eigenvalue weighted by Gasteiger charge is 2.50. The van der Waals surface area contributed by atoms with Gasteiger partial charge in [0.2, 0.25) is 5.91 Å². The zero-order valence-electron chi connectivity index (χ0n) is 20.1. The van der Waals surface area contributed by atoms with Crippen molar-refractivity contribution in [3.05, 3.63) is 59.7 Å². The van der Waals surface area contributed by atoms with Crippen LogP contribution in [-0.4, -0.2) is 41.8 Å². The van der Waals surface area contributed by atoms with E-state index in [1.165, 1.54) is 22.3 Å². The quantitative estimate of drug-likeness (QED) is 0.557. The molecule has 0 bridgehead atoms. The van der Waals surface area contributed by atoms with Crippen LogP contribution >= 0.6 is 0 Å². The number of aliphatic carboxylic acids is 1. The van der Waals surface area contributed by atoms with E-state index in [1.807, 2.05) is 24.3 Å². The van der Waals surface area contributed by atoms with Crippen LogP contribution in [0.15, 0.2) is 48.5 Å². The molecule has 2 aromatic carbocycles. The summed E-state index contributed by atoms with van der Waals surface area (Å²) in [7, 11) is 0. The molecule has 3 aliphatic carbocycles. The highest BCUT2D eigenvalue weighted by atomic mass is 16.5. The number of fused-ring (bicyclic) bond motifs is 4. The molecule has 0 aliphatic heterocycles. The van der Waals surface area contributed by atoms with Crippen molar-refractivity contribution in [3.63, 3.8) is 0 Å². The largest absolute Gasteiger partial charge is 0.480 e. The van der Waals surface area contributed by atoms with Crippen molar-refractivity contribution in [3.8, 4) is 11.1 Å². The third kappa shape index (κ3) is 4.40. The number of rotatable bonds is 7. The van der Waals surface area contributed by atoms with Crippen molar-refractivity contribution in [2.45, 2.75) is 51.1 Å². The summed E-state index contributed by atoms with van der Waals surface area (Å²) >= 11 is 0. The van der Waals surface area contributed by atoms with Gasteiger partial charge >= 0.3 is 12.1 Å². The van der Waals surface area contributed by atoms with E-state index in [0.717, 1.165) is 12.8 Å². The minimum Gasteiger partial charge on any atom is -0.480 e. The maximum Gasteiger partial charge on any atom is 0.407 e. The molecule has 5 atom stereocenters. The van der Waals surface area contributed by atoms with Crippen LogP contribution in [0.5, 0.6) is 0 Å². The first-order chi connectivity index (χ1) is 16.8. The van der Waals surface area contributed by atoms with Crippen LogP contribution in [0.1, 0.15) is 50.2 Å². The fourth-order valence-corrected chi connectivity index (χ4v) is 6.18. The van der Waals surface area contributed by atoms with E-state index in [9.17, 15) is 19.5 Å². The number of ether oxygens (including phenoxy) is 1. The average molecular weight is 477 g/mol. The molecule has 35 heavy (non-hydrogen) atoms. The Bertz CT molecular complexity index is 1100. The second-order valence-electron chi connectivity index (χ2n) is 10.5. The van der Waals surface area contributed by atoms with Gasteiger partial charge in [-0.3, -0.25) is 4.79 Å². The Balaban J connectivity index is 1.14. The third-order valence-electron chi connectivity index (χ3n) is 8.07. The molecular weight excluding hydrogens is 444 g/mol. The van der Waals surface area contributed by atoms with Gasteiger partial charge in [0.25, 0.3) is 0 Å². The normalized spacial score (nSPS) is 25.1. The number of nitrogens with one attached hydrogen (secondary N) is 2. The second-order valence-corrected chi connectivity index (χ2v) is 10.5. The molecule has 0 saturated heterocycles. The number of carbonyl (C=O) groups excluding carboxylic acids is 2. The molecule has 184 valence electrons. The number of amides is 2. The van der Waals surface area contributed by atoms with E-state index in [4.69, 9.17) is 4.74 Å². The van der Waals surface area contributed by atoms with Crippen LogP contribution in [0.25, 0.3) is 11.1 Å². The fourth-order valence-electron chi connectivity index (χ4n) is 6.18. The van der Waals surface area contributed by atoms with Crippen molar-refractivity contribution in [1.82, 2.24) is 10.6 Å². The molecule has 7 heteroatoms. The predicted molar refractivity (Wildman–Crippen MR) is 131 cm³/mol. The van der Waals surface area contributed by atoms with Gasteiger partial charge in [-0.1, -0.05) is 62.4 Å². The van der Waals surface area contributed by atoms with E-state index >= 15 is 0 Å². The summed E-state index contributed by atoms with van der Waals surface area (Å²) in [4.78, 5) is 36.7. The van der Waals surface area contributed by atoms with Crippen molar-refractivity contribution in [2.24, 2.45) is 23.7 Å². The lowest BCUT2D eigenvalue weighted by molar-refractivity contribution is -0.143. The number of carbonyl (C=O) groups is 3. The zero-order valence-corrected chi connectivity index (χ0v) is 20.1. The maximum absolute atomic E-state index is 12.7. The summed E-state index contributed by atoms with van der Waals surface area (Å²) in [5, 5.41) is 15.1. The van der Waals surface area contributed by atoms with Gasteiger partial charge < -0.3 is 20.5 Å². The Morgan fingerprint density at radius 1 is 0.971 bits per heavy atom. The van der Waals surface area contributed by atoms with Gasteiger partial charge in [0, 0.05) is 17.9 Å². The molecule has 0 spiro atoms. The summed E-state index contributed by atoms with van der Waals surface area (Å²) in [6, 6.07) is 15.6. The van der Waals surface area contributed by atoms with Crippen LogP contribution < -0.4 is 10.6 Å². The Morgan fingerprint density at radius 2 is 1.60 bits per heavy atom. The Labute approximate surface area is 205 Å². The van der Waals surface area contributed by atoms with Gasteiger partial charge in [0.15, 0.2) is 0 Å². The number of carboxylic acids is 1. The molecule has 0 heterocycles. The third-order valence-corrected chi connectivity index (χ3v) is 8.07. The van der Waals surface area contributed by atoms with E-state index in [1.54, 1.807) is 13.8 Å². The standard InChI is InChI=1S/C28H32N2O5/c1-15(2)25(27(32)33)30-26(31)17-11-16-13-24(22(16)12-17)29-28(34)35-14-23-20-9-5-3-7-18(20)19-8-4-6-10-21(19)23/h3-10,15-17,22-25H,11-14H2,1-2H3,(H,29,34)(H,30,31)(H,32,33)/t16-,17?,22-,24+,25+/m0/s1. The molecule has 1 unspecified atom stereocenters. The first-order valence-electron chi connectivity index (χ1n) is 12.5. The van der Waals surface area contributed by atoms with Crippen LogP contribution in [0.2, 0.25) is 0 Å². The maximum atomic E-state index is 12.7. The number of hydrogen-bond donors (Lipinski definition) is 3. The molecule has 2 aromatic rings.